The number of nitrogen functional groups attached to an aromatic ring is 1. The normalized spacial score (nSPS) is 10.8. The van der Waals surface area contributed by atoms with Crippen LogP contribution in [0, 0.1) is 6.92 Å². The van der Waals surface area contributed by atoms with Gasteiger partial charge < -0.3 is 15.6 Å². The van der Waals surface area contributed by atoms with Crippen molar-refractivity contribution in [2.75, 3.05) is 17.6 Å². The van der Waals surface area contributed by atoms with Gasteiger partial charge in [0.15, 0.2) is 5.16 Å². The van der Waals surface area contributed by atoms with Gasteiger partial charge in [-0.3, -0.25) is 0 Å². The number of nitrogens with two attached hydrogens (primary N) is 1. The minimum absolute atomic E-state index is 0.464. The van der Waals surface area contributed by atoms with E-state index in [2.05, 4.69) is 63.6 Å². The highest BCUT2D eigenvalue weighted by molar-refractivity contribution is 7.98. The molecule has 0 spiro atoms. The molecule has 0 saturated carbocycles. The van der Waals surface area contributed by atoms with Crippen LogP contribution in [0.4, 0.5) is 11.6 Å². The first kappa shape index (κ1) is 18.2. The van der Waals surface area contributed by atoms with E-state index in [1.54, 1.807) is 24.2 Å². The van der Waals surface area contributed by atoms with E-state index in [9.17, 15) is 0 Å². The lowest BCUT2D eigenvalue weighted by Crippen LogP contribution is -2.11. The van der Waals surface area contributed by atoms with E-state index in [1.807, 2.05) is 4.57 Å². The molecule has 2 aromatic heterocycles. The average molecular weight is 369 g/mol. The van der Waals surface area contributed by atoms with Crippen LogP contribution in [0.3, 0.4) is 0 Å². The van der Waals surface area contributed by atoms with Gasteiger partial charge in [0.1, 0.15) is 23.8 Å². The number of hydrogen-bond acceptors (Lipinski definition) is 7. The molecule has 0 bridgehead atoms. The first-order chi connectivity index (χ1) is 12.6. The lowest BCUT2D eigenvalue weighted by atomic mass is 10.2. The molecule has 0 aliphatic rings. The van der Waals surface area contributed by atoms with Crippen molar-refractivity contribution in [3.05, 3.63) is 53.6 Å². The minimum Gasteiger partial charge on any atom is -0.383 e. The molecular weight excluding hydrogens is 346 g/mol. The summed E-state index contributed by atoms with van der Waals surface area (Å²) in [5.74, 6) is 2.95. The molecule has 0 amide bonds. The monoisotopic (exact) mass is 369 g/mol. The lowest BCUT2D eigenvalue weighted by Gasteiger charge is -2.09. The van der Waals surface area contributed by atoms with Crippen LogP contribution < -0.4 is 11.1 Å². The summed E-state index contributed by atoms with van der Waals surface area (Å²) in [6.07, 6.45) is 2.52. The van der Waals surface area contributed by atoms with Gasteiger partial charge in [0.2, 0.25) is 0 Å². The van der Waals surface area contributed by atoms with Gasteiger partial charge in [0.05, 0.1) is 0 Å². The Morgan fingerprint density at radius 2 is 2.00 bits per heavy atom. The van der Waals surface area contributed by atoms with Gasteiger partial charge in [-0.1, -0.05) is 41.6 Å². The molecule has 0 atom stereocenters. The highest BCUT2D eigenvalue weighted by Gasteiger charge is 2.06. The summed E-state index contributed by atoms with van der Waals surface area (Å²) in [6, 6.07) is 10.2. The maximum absolute atomic E-state index is 5.93. The Hall–Kier alpha value is -2.61. The van der Waals surface area contributed by atoms with Gasteiger partial charge in [-0.2, -0.15) is 0 Å². The maximum atomic E-state index is 5.93. The summed E-state index contributed by atoms with van der Waals surface area (Å²) in [7, 11) is 0. The van der Waals surface area contributed by atoms with E-state index >= 15 is 0 Å². The zero-order valence-electron chi connectivity index (χ0n) is 15.0. The predicted molar refractivity (Wildman–Crippen MR) is 105 cm³/mol. The fourth-order valence-corrected chi connectivity index (χ4v) is 3.29. The van der Waals surface area contributed by atoms with Gasteiger partial charge in [-0.05, 0) is 19.4 Å². The van der Waals surface area contributed by atoms with Crippen molar-refractivity contribution in [2.45, 2.75) is 37.7 Å². The van der Waals surface area contributed by atoms with E-state index in [0.29, 0.717) is 17.5 Å². The highest BCUT2D eigenvalue weighted by atomic mass is 32.2. The Morgan fingerprint density at radius 1 is 1.19 bits per heavy atom. The van der Waals surface area contributed by atoms with Crippen LogP contribution in [0.1, 0.15) is 23.9 Å². The molecule has 0 aliphatic heterocycles. The second kappa shape index (κ2) is 8.66. The number of thioether (sulfide) groups is 1. The first-order valence-corrected chi connectivity index (χ1v) is 9.56. The van der Waals surface area contributed by atoms with Gasteiger partial charge in [-0.15, -0.1) is 10.2 Å². The van der Waals surface area contributed by atoms with E-state index < -0.39 is 0 Å². The van der Waals surface area contributed by atoms with Crippen LogP contribution in [-0.4, -0.2) is 31.3 Å². The molecule has 7 nitrogen and oxygen atoms in total. The molecule has 1 aromatic carbocycles. The highest BCUT2D eigenvalue weighted by Crippen LogP contribution is 2.22. The standard InChI is InChI=1S/C18H23N7S/c1-3-25-12-21-24-17(25)8-9-20-16-10-15(19)22-18(23-16)26-11-14-6-4-13(2)5-7-14/h4-7,10,12H,3,8-9,11H2,1-2H3,(H3,19,20,22,23). The summed E-state index contributed by atoms with van der Waals surface area (Å²) in [4.78, 5) is 8.86. The van der Waals surface area contributed by atoms with Crippen LogP contribution in [0.5, 0.6) is 0 Å². The molecule has 8 heteroatoms. The summed E-state index contributed by atoms with van der Waals surface area (Å²) < 4.78 is 2.03. The smallest absolute Gasteiger partial charge is 0.191 e. The van der Waals surface area contributed by atoms with Crippen molar-refractivity contribution in [1.82, 2.24) is 24.7 Å². The Balaban J connectivity index is 1.57. The number of anilines is 2. The number of aromatic nitrogens is 5. The first-order valence-electron chi connectivity index (χ1n) is 8.57. The number of hydrogen-bond donors (Lipinski definition) is 2. The summed E-state index contributed by atoms with van der Waals surface area (Å²) in [6.45, 7) is 5.72. The third-order valence-corrected chi connectivity index (χ3v) is 4.82. The van der Waals surface area contributed by atoms with E-state index in [4.69, 9.17) is 5.73 Å². The second-order valence-corrected chi connectivity index (χ2v) is 6.89. The molecule has 0 aliphatic carbocycles. The van der Waals surface area contributed by atoms with Crippen molar-refractivity contribution in [2.24, 2.45) is 0 Å². The fourth-order valence-electron chi connectivity index (χ4n) is 2.47. The van der Waals surface area contributed by atoms with Gasteiger partial charge in [0.25, 0.3) is 0 Å². The SMILES string of the molecule is CCn1cnnc1CCNc1cc(N)nc(SCc2ccc(C)cc2)n1. The van der Waals surface area contributed by atoms with Crippen LogP contribution in [0.15, 0.2) is 41.8 Å². The van der Waals surface area contributed by atoms with E-state index in [0.717, 1.165) is 30.4 Å². The van der Waals surface area contributed by atoms with Crippen LogP contribution >= 0.6 is 11.8 Å². The molecule has 0 radical (unpaired) electrons. The number of aryl methyl sites for hydroxylation is 2. The minimum atomic E-state index is 0.464. The largest absolute Gasteiger partial charge is 0.383 e. The molecule has 3 rings (SSSR count). The maximum Gasteiger partial charge on any atom is 0.191 e. The van der Waals surface area contributed by atoms with Gasteiger partial charge >= 0.3 is 0 Å². The third-order valence-electron chi connectivity index (χ3n) is 3.91. The summed E-state index contributed by atoms with van der Waals surface area (Å²) in [5, 5.41) is 12.0. The summed E-state index contributed by atoms with van der Waals surface area (Å²) in [5.41, 5.74) is 8.42. The van der Waals surface area contributed by atoms with Gasteiger partial charge in [0, 0.05) is 31.3 Å². The fraction of sp³-hybridized carbons (Fsp3) is 0.333. The topological polar surface area (TPSA) is 94.5 Å². The van der Waals surface area contributed by atoms with Crippen LogP contribution in [0.25, 0.3) is 0 Å². The Morgan fingerprint density at radius 3 is 2.77 bits per heavy atom. The van der Waals surface area contributed by atoms with Crippen molar-refractivity contribution < 1.29 is 0 Å². The molecule has 3 aromatic rings. The molecule has 2 heterocycles. The lowest BCUT2D eigenvalue weighted by molar-refractivity contribution is 0.697. The van der Waals surface area contributed by atoms with Crippen molar-refractivity contribution in [3.8, 4) is 0 Å². The molecule has 0 unspecified atom stereocenters. The number of rotatable bonds is 8. The van der Waals surface area contributed by atoms with Crippen molar-refractivity contribution in [3.63, 3.8) is 0 Å². The van der Waals surface area contributed by atoms with Gasteiger partial charge in [-0.25, -0.2) is 9.97 Å². The predicted octanol–water partition coefficient (Wildman–Crippen LogP) is 2.93. The molecule has 0 saturated heterocycles. The Bertz CT molecular complexity index is 845. The van der Waals surface area contributed by atoms with Crippen molar-refractivity contribution >= 4 is 23.4 Å². The van der Waals surface area contributed by atoms with E-state index in [-0.39, 0.29) is 0 Å². The second-order valence-electron chi connectivity index (χ2n) is 5.94. The Kier molecular flexibility index (Phi) is 6.06. The number of nitrogens with one attached hydrogen (secondary N) is 1. The van der Waals surface area contributed by atoms with Crippen LogP contribution in [-0.2, 0) is 18.7 Å². The molecule has 26 heavy (non-hydrogen) atoms. The molecular formula is C18H23N7S. The number of benzene rings is 1. The van der Waals surface area contributed by atoms with Crippen molar-refractivity contribution in [1.29, 1.82) is 0 Å². The molecule has 3 N–H and O–H groups in total. The zero-order valence-corrected chi connectivity index (χ0v) is 15.8. The zero-order chi connectivity index (χ0) is 18.4. The average Bonchev–Trinajstić information content (AvgIpc) is 3.08. The van der Waals surface area contributed by atoms with Crippen LogP contribution in [0.2, 0.25) is 0 Å². The Labute approximate surface area is 157 Å². The van der Waals surface area contributed by atoms with E-state index in [1.165, 1.54) is 11.1 Å². The summed E-state index contributed by atoms with van der Waals surface area (Å²) >= 11 is 1.58. The number of nitrogens with zero attached hydrogens (tertiary/aromatic N) is 5. The third kappa shape index (κ3) is 4.95. The quantitative estimate of drug-likeness (QED) is 0.465. The molecule has 0 fully saturated rings. The molecule has 136 valence electrons.